The van der Waals surface area contributed by atoms with Crippen molar-refractivity contribution in [1.82, 2.24) is 10.2 Å². The normalized spacial score (nSPS) is 23.8. The highest BCUT2D eigenvalue weighted by Crippen LogP contribution is 2.22. The zero-order chi connectivity index (χ0) is 16.9. The molecule has 2 aliphatic heterocycles. The first-order chi connectivity index (χ1) is 11.6. The maximum absolute atomic E-state index is 12.7. The highest BCUT2D eigenvalue weighted by molar-refractivity contribution is 5.82. The zero-order valence-electron chi connectivity index (χ0n) is 15.1. The van der Waals surface area contributed by atoms with Gasteiger partial charge in [0.25, 0.3) is 0 Å². The molecular formula is C20H31N3O. The van der Waals surface area contributed by atoms with Crippen LogP contribution >= 0.6 is 0 Å². The summed E-state index contributed by atoms with van der Waals surface area (Å²) in [5.41, 5.74) is 2.61. The van der Waals surface area contributed by atoms with E-state index in [-0.39, 0.29) is 11.9 Å². The summed E-state index contributed by atoms with van der Waals surface area (Å²) in [6, 6.07) is 9.10. The Bertz CT molecular complexity index is 552. The highest BCUT2D eigenvalue weighted by atomic mass is 16.2. The molecule has 2 fully saturated rings. The van der Waals surface area contributed by atoms with E-state index in [1.165, 1.54) is 30.5 Å². The molecule has 4 heteroatoms. The Hall–Kier alpha value is -1.55. The van der Waals surface area contributed by atoms with Gasteiger partial charge in [0.2, 0.25) is 5.91 Å². The van der Waals surface area contributed by atoms with Gasteiger partial charge in [-0.3, -0.25) is 9.69 Å². The van der Waals surface area contributed by atoms with Crippen molar-refractivity contribution in [2.45, 2.75) is 57.5 Å². The molecule has 0 bridgehead atoms. The van der Waals surface area contributed by atoms with Gasteiger partial charge in [0.1, 0.15) is 0 Å². The van der Waals surface area contributed by atoms with E-state index in [0.29, 0.717) is 6.04 Å². The number of carbonyl (C=O) groups is 1. The number of nitrogens with one attached hydrogen (secondary N) is 1. The molecule has 2 heterocycles. The third-order valence-electron chi connectivity index (χ3n) is 5.53. The number of carbonyl (C=O) groups excluding carboxylic acids is 1. The van der Waals surface area contributed by atoms with E-state index >= 15 is 0 Å². The van der Waals surface area contributed by atoms with Crippen molar-refractivity contribution in [2.24, 2.45) is 0 Å². The Morgan fingerprint density at radius 3 is 2.62 bits per heavy atom. The van der Waals surface area contributed by atoms with E-state index in [0.717, 1.165) is 38.9 Å². The van der Waals surface area contributed by atoms with Gasteiger partial charge in [-0.25, -0.2) is 0 Å². The first-order valence-electron chi connectivity index (χ1n) is 9.46. The van der Waals surface area contributed by atoms with E-state index in [2.05, 4.69) is 53.4 Å². The minimum atomic E-state index is 0.0716. The monoisotopic (exact) mass is 329 g/mol. The van der Waals surface area contributed by atoms with Crippen molar-refractivity contribution in [3.05, 3.63) is 29.8 Å². The van der Waals surface area contributed by atoms with Gasteiger partial charge in [0.15, 0.2) is 0 Å². The molecule has 3 rings (SSSR count). The van der Waals surface area contributed by atoms with Gasteiger partial charge in [-0.2, -0.15) is 0 Å². The molecule has 1 atom stereocenters. The first kappa shape index (κ1) is 17.3. The van der Waals surface area contributed by atoms with Gasteiger partial charge in [0.05, 0.1) is 6.04 Å². The van der Waals surface area contributed by atoms with Crippen LogP contribution in [0.1, 0.15) is 44.1 Å². The number of likely N-dealkylation sites (N-methyl/N-ethyl adjacent to an activating group) is 1. The van der Waals surface area contributed by atoms with Gasteiger partial charge in [-0.1, -0.05) is 25.0 Å². The molecule has 0 aromatic heterocycles. The zero-order valence-corrected chi connectivity index (χ0v) is 15.1. The van der Waals surface area contributed by atoms with E-state index in [1.54, 1.807) is 0 Å². The lowest BCUT2D eigenvalue weighted by Crippen LogP contribution is -2.51. The Morgan fingerprint density at radius 1 is 1.08 bits per heavy atom. The fourth-order valence-corrected chi connectivity index (χ4v) is 3.99. The van der Waals surface area contributed by atoms with Crippen molar-refractivity contribution < 1.29 is 4.79 Å². The van der Waals surface area contributed by atoms with Gasteiger partial charge in [-0.15, -0.1) is 0 Å². The Kier molecular flexibility index (Phi) is 5.77. The number of hydrogen-bond donors (Lipinski definition) is 1. The number of hydrogen-bond acceptors (Lipinski definition) is 3. The van der Waals surface area contributed by atoms with Crippen LogP contribution in [0.3, 0.4) is 0 Å². The largest absolute Gasteiger partial charge is 0.371 e. The Morgan fingerprint density at radius 2 is 1.88 bits per heavy atom. The smallest absolute Gasteiger partial charge is 0.237 e. The van der Waals surface area contributed by atoms with Gasteiger partial charge < -0.3 is 10.2 Å². The quantitative estimate of drug-likeness (QED) is 0.926. The van der Waals surface area contributed by atoms with Crippen LogP contribution in [0.15, 0.2) is 24.3 Å². The summed E-state index contributed by atoms with van der Waals surface area (Å²) in [6.45, 7) is 5.23. The average Bonchev–Trinajstić information content (AvgIpc) is 2.80. The molecule has 0 radical (unpaired) electrons. The van der Waals surface area contributed by atoms with Crippen LogP contribution in [-0.2, 0) is 4.79 Å². The maximum Gasteiger partial charge on any atom is 0.237 e. The molecule has 0 unspecified atom stereocenters. The van der Waals surface area contributed by atoms with Crippen molar-refractivity contribution in [3.63, 3.8) is 0 Å². The SMILES string of the molecule is Cc1cccc(N2CCC(NC(=O)[C@@H]3CCCCCN3C)CC2)c1. The molecule has 4 nitrogen and oxygen atoms in total. The molecule has 2 aliphatic rings. The van der Waals surface area contributed by atoms with E-state index in [4.69, 9.17) is 0 Å². The molecule has 1 aromatic rings. The molecule has 2 saturated heterocycles. The molecule has 1 aromatic carbocycles. The van der Waals surface area contributed by atoms with Crippen molar-refractivity contribution in [2.75, 3.05) is 31.6 Å². The number of rotatable bonds is 3. The summed E-state index contributed by atoms with van der Waals surface area (Å²) < 4.78 is 0. The van der Waals surface area contributed by atoms with Crippen LogP contribution in [0, 0.1) is 6.92 Å². The van der Waals surface area contributed by atoms with E-state index in [1.807, 2.05) is 0 Å². The van der Waals surface area contributed by atoms with Gasteiger partial charge in [-0.05, 0) is 63.9 Å². The van der Waals surface area contributed by atoms with Crippen LogP contribution in [0.4, 0.5) is 5.69 Å². The molecule has 0 aliphatic carbocycles. The number of piperidine rings is 1. The second-order valence-corrected chi connectivity index (χ2v) is 7.45. The Labute approximate surface area is 146 Å². The van der Waals surface area contributed by atoms with Gasteiger partial charge in [0, 0.05) is 24.8 Å². The summed E-state index contributed by atoms with van der Waals surface area (Å²) in [6.07, 6.45) is 6.73. The van der Waals surface area contributed by atoms with Gasteiger partial charge >= 0.3 is 0 Å². The maximum atomic E-state index is 12.7. The first-order valence-corrected chi connectivity index (χ1v) is 9.46. The van der Waals surface area contributed by atoms with Crippen LogP contribution < -0.4 is 10.2 Å². The number of aryl methyl sites for hydroxylation is 1. The fraction of sp³-hybridized carbons (Fsp3) is 0.650. The topological polar surface area (TPSA) is 35.6 Å². The number of likely N-dealkylation sites (tertiary alicyclic amines) is 1. The summed E-state index contributed by atoms with van der Waals surface area (Å²) in [4.78, 5) is 17.3. The third kappa shape index (κ3) is 4.29. The molecule has 1 N–H and O–H groups in total. The van der Waals surface area contributed by atoms with Crippen molar-refractivity contribution in [3.8, 4) is 0 Å². The lowest BCUT2D eigenvalue weighted by Gasteiger charge is -2.35. The molecular weight excluding hydrogens is 298 g/mol. The predicted octanol–water partition coefficient (Wildman–Crippen LogP) is 2.95. The van der Waals surface area contributed by atoms with Crippen LogP contribution in [0.2, 0.25) is 0 Å². The molecule has 132 valence electrons. The average molecular weight is 329 g/mol. The minimum absolute atomic E-state index is 0.0716. The summed E-state index contributed by atoms with van der Waals surface area (Å²) in [5.74, 6) is 0.244. The van der Waals surface area contributed by atoms with Crippen molar-refractivity contribution in [1.29, 1.82) is 0 Å². The lowest BCUT2D eigenvalue weighted by atomic mass is 10.0. The number of nitrogens with zero attached hydrogens (tertiary/aromatic N) is 2. The molecule has 24 heavy (non-hydrogen) atoms. The van der Waals surface area contributed by atoms with Crippen LogP contribution in [0.25, 0.3) is 0 Å². The number of benzene rings is 1. The second-order valence-electron chi connectivity index (χ2n) is 7.45. The van der Waals surface area contributed by atoms with Crippen LogP contribution in [-0.4, -0.2) is 49.6 Å². The van der Waals surface area contributed by atoms with E-state index in [9.17, 15) is 4.79 Å². The highest BCUT2D eigenvalue weighted by Gasteiger charge is 2.28. The second kappa shape index (κ2) is 8.02. The summed E-state index contributed by atoms with van der Waals surface area (Å²) in [5, 5.41) is 3.32. The molecule has 0 saturated carbocycles. The van der Waals surface area contributed by atoms with Crippen LogP contribution in [0.5, 0.6) is 0 Å². The lowest BCUT2D eigenvalue weighted by molar-refractivity contribution is -0.126. The van der Waals surface area contributed by atoms with E-state index < -0.39 is 0 Å². The summed E-state index contributed by atoms with van der Waals surface area (Å²) >= 11 is 0. The standard InChI is InChI=1S/C20H31N3O/c1-16-7-6-8-18(15-16)23-13-10-17(11-14-23)21-20(24)19-9-4-3-5-12-22(19)2/h6-8,15,17,19H,3-5,9-14H2,1-2H3,(H,21,24)/t19-/m0/s1. The Balaban J connectivity index is 1.50. The third-order valence-corrected chi connectivity index (χ3v) is 5.53. The fourth-order valence-electron chi connectivity index (χ4n) is 3.99. The minimum Gasteiger partial charge on any atom is -0.371 e. The number of amides is 1. The molecule has 0 spiro atoms. The summed E-state index contributed by atoms with van der Waals surface area (Å²) in [7, 11) is 2.09. The predicted molar refractivity (Wildman–Crippen MR) is 99.4 cm³/mol. The van der Waals surface area contributed by atoms with Crippen molar-refractivity contribution >= 4 is 11.6 Å². The molecule has 1 amide bonds. The number of anilines is 1.